The van der Waals surface area contributed by atoms with Crippen LogP contribution in [0, 0.1) is 11.8 Å². The number of amides is 1. The number of hydrogen-bond donors (Lipinski definition) is 2. The standard InChI is InChI=1S/C12H24N2O2/c1-8(2)10(13)6-12(16)14-5-4-9(3)11(14)7-15/h8-11,15H,4-7,13H2,1-3H3. The summed E-state index contributed by atoms with van der Waals surface area (Å²) in [5.41, 5.74) is 5.90. The minimum absolute atomic E-state index is 0.00753. The van der Waals surface area contributed by atoms with E-state index in [1.54, 1.807) is 4.90 Å². The predicted molar refractivity (Wildman–Crippen MR) is 63.8 cm³/mol. The molecule has 4 nitrogen and oxygen atoms in total. The van der Waals surface area contributed by atoms with Crippen molar-refractivity contribution in [3.63, 3.8) is 0 Å². The van der Waals surface area contributed by atoms with Crippen molar-refractivity contribution in [2.75, 3.05) is 13.2 Å². The molecule has 0 radical (unpaired) electrons. The average molecular weight is 228 g/mol. The van der Waals surface area contributed by atoms with Gasteiger partial charge in [0.2, 0.25) is 5.91 Å². The zero-order valence-corrected chi connectivity index (χ0v) is 10.5. The topological polar surface area (TPSA) is 66.6 Å². The summed E-state index contributed by atoms with van der Waals surface area (Å²) in [4.78, 5) is 13.8. The summed E-state index contributed by atoms with van der Waals surface area (Å²) in [6.07, 6.45) is 1.37. The molecule has 0 aromatic carbocycles. The molecule has 1 aliphatic heterocycles. The quantitative estimate of drug-likeness (QED) is 0.740. The van der Waals surface area contributed by atoms with Crippen LogP contribution in [0.1, 0.15) is 33.6 Å². The maximum atomic E-state index is 12.0. The van der Waals surface area contributed by atoms with E-state index in [9.17, 15) is 9.90 Å². The van der Waals surface area contributed by atoms with E-state index in [1.807, 2.05) is 13.8 Å². The Hall–Kier alpha value is -0.610. The van der Waals surface area contributed by atoms with Crippen LogP contribution in [-0.2, 0) is 4.79 Å². The van der Waals surface area contributed by atoms with Crippen LogP contribution in [0.5, 0.6) is 0 Å². The van der Waals surface area contributed by atoms with Crippen LogP contribution in [0.25, 0.3) is 0 Å². The number of aliphatic hydroxyl groups excluding tert-OH is 1. The Labute approximate surface area is 97.8 Å². The third kappa shape index (κ3) is 2.95. The molecule has 3 unspecified atom stereocenters. The van der Waals surface area contributed by atoms with Crippen molar-refractivity contribution in [3.8, 4) is 0 Å². The molecule has 0 bridgehead atoms. The molecule has 16 heavy (non-hydrogen) atoms. The van der Waals surface area contributed by atoms with Crippen LogP contribution in [0.15, 0.2) is 0 Å². The smallest absolute Gasteiger partial charge is 0.224 e. The monoisotopic (exact) mass is 228 g/mol. The molecular formula is C12H24N2O2. The molecule has 4 heteroatoms. The highest BCUT2D eigenvalue weighted by molar-refractivity contribution is 5.77. The van der Waals surface area contributed by atoms with E-state index >= 15 is 0 Å². The van der Waals surface area contributed by atoms with Gasteiger partial charge in [0.25, 0.3) is 0 Å². The van der Waals surface area contributed by atoms with Crippen molar-refractivity contribution in [1.82, 2.24) is 4.90 Å². The number of likely N-dealkylation sites (tertiary alicyclic amines) is 1. The van der Waals surface area contributed by atoms with Gasteiger partial charge in [-0.2, -0.15) is 0 Å². The number of hydrogen-bond acceptors (Lipinski definition) is 3. The fourth-order valence-electron chi connectivity index (χ4n) is 2.15. The highest BCUT2D eigenvalue weighted by atomic mass is 16.3. The third-order valence-electron chi connectivity index (χ3n) is 3.66. The second-order valence-corrected chi connectivity index (χ2v) is 5.22. The molecule has 1 aliphatic rings. The van der Waals surface area contributed by atoms with Gasteiger partial charge in [-0.25, -0.2) is 0 Å². The molecule has 0 aliphatic carbocycles. The summed E-state index contributed by atoms with van der Waals surface area (Å²) in [5.74, 6) is 0.797. The van der Waals surface area contributed by atoms with Gasteiger partial charge in [0.15, 0.2) is 0 Å². The maximum Gasteiger partial charge on any atom is 0.224 e. The van der Waals surface area contributed by atoms with Crippen LogP contribution in [0.2, 0.25) is 0 Å². The summed E-state index contributed by atoms with van der Waals surface area (Å²) in [7, 11) is 0. The number of carbonyl (C=O) groups excluding carboxylic acids is 1. The molecule has 94 valence electrons. The van der Waals surface area contributed by atoms with Gasteiger partial charge in [-0.3, -0.25) is 4.79 Å². The van der Waals surface area contributed by atoms with Crippen molar-refractivity contribution < 1.29 is 9.90 Å². The number of carbonyl (C=O) groups is 1. The average Bonchev–Trinajstić information content (AvgIpc) is 2.59. The molecule has 3 atom stereocenters. The number of nitrogens with zero attached hydrogens (tertiary/aromatic N) is 1. The molecule has 1 amide bonds. The van der Waals surface area contributed by atoms with E-state index in [0.29, 0.717) is 18.3 Å². The summed E-state index contributed by atoms with van der Waals surface area (Å²) < 4.78 is 0. The first-order valence-electron chi connectivity index (χ1n) is 6.13. The van der Waals surface area contributed by atoms with Gasteiger partial charge in [0, 0.05) is 19.0 Å². The van der Waals surface area contributed by atoms with Gasteiger partial charge in [0.05, 0.1) is 12.6 Å². The van der Waals surface area contributed by atoms with Crippen molar-refractivity contribution in [2.45, 2.75) is 45.7 Å². The van der Waals surface area contributed by atoms with Crippen molar-refractivity contribution in [2.24, 2.45) is 17.6 Å². The normalized spacial score (nSPS) is 27.5. The minimum atomic E-state index is -0.0808. The van der Waals surface area contributed by atoms with Crippen LogP contribution in [0.4, 0.5) is 0 Å². The van der Waals surface area contributed by atoms with Crippen LogP contribution in [0.3, 0.4) is 0 Å². The van der Waals surface area contributed by atoms with E-state index in [-0.39, 0.29) is 24.6 Å². The van der Waals surface area contributed by atoms with E-state index in [0.717, 1.165) is 13.0 Å². The highest BCUT2D eigenvalue weighted by Crippen LogP contribution is 2.24. The summed E-state index contributed by atoms with van der Waals surface area (Å²) in [6, 6.07) is -0.0883. The first-order chi connectivity index (χ1) is 7.47. The van der Waals surface area contributed by atoms with Gasteiger partial charge >= 0.3 is 0 Å². The maximum absolute atomic E-state index is 12.0. The van der Waals surface area contributed by atoms with Gasteiger partial charge in [-0.05, 0) is 18.3 Å². The SMILES string of the molecule is CC(C)C(N)CC(=O)N1CCC(C)C1CO. The molecule has 0 aromatic heterocycles. The third-order valence-corrected chi connectivity index (χ3v) is 3.66. The second-order valence-electron chi connectivity index (χ2n) is 5.22. The molecular weight excluding hydrogens is 204 g/mol. The number of nitrogens with two attached hydrogens (primary N) is 1. The molecule has 1 rings (SSSR count). The van der Waals surface area contributed by atoms with Crippen molar-refractivity contribution in [1.29, 1.82) is 0 Å². The lowest BCUT2D eigenvalue weighted by Gasteiger charge is -2.27. The first-order valence-corrected chi connectivity index (χ1v) is 6.13. The van der Waals surface area contributed by atoms with E-state index < -0.39 is 0 Å². The number of rotatable bonds is 4. The van der Waals surface area contributed by atoms with E-state index in [1.165, 1.54) is 0 Å². The Kier molecular flexibility index (Phi) is 4.74. The Morgan fingerprint density at radius 1 is 1.56 bits per heavy atom. The van der Waals surface area contributed by atoms with Crippen LogP contribution >= 0.6 is 0 Å². The summed E-state index contributed by atoms with van der Waals surface area (Å²) >= 11 is 0. The van der Waals surface area contributed by atoms with Crippen LogP contribution < -0.4 is 5.73 Å². The highest BCUT2D eigenvalue weighted by Gasteiger charge is 2.34. The van der Waals surface area contributed by atoms with Crippen molar-refractivity contribution >= 4 is 5.91 Å². The zero-order chi connectivity index (χ0) is 12.3. The molecule has 1 saturated heterocycles. The number of aliphatic hydroxyl groups is 1. The molecule has 0 spiro atoms. The lowest BCUT2D eigenvalue weighted by atomic mass is 10.0. The molecule has 3 N–H and O–H groups in total. The predicted octanol–water partition coefficient (Wildman–Crippen LogP) is 0.589. The Bertz CT molecular complexity index is 243. The van der Waals surface area contributed by atoms with E-state index in [2.05, 4.69) is 6.92 Å². The second kappa shape index (κ2) is 5.64. The van der Waals surface area contributed by atoms with Gasteiger partial charge in [-0.15, -0.1) is 0 Å². The Morgan fingerprint density at radius 2 is 2.19 bits per heavy atom. The molecule has 0 saturated carbocycles. The lowest BCUT2D eigenvalue weighted by Crippen LogP contribution is -2.43. The zero-order valence-electron chi connectivity index (χ0n) is 10.5. The van der Waals surface area contributed by atoms with Gasteiger partial charge in [-0.1, -0.05) is 20.8 Å². The van der Waals surface area contributed by atoms with E-state index in [4.69, 9.17) is 5.73 Å². The van der Waals surface area contributed by atoms with Gasteiger partial charge in [0.1, 0.15) is 0 Å². The fourth-order valence-corrected chi connectivity index (χ4v) is 2.15. The van der Waals surface area contributed by atoms with Crippen LogP contribution in [-0.4, -0.2) is 41.1 Å². The molecule has 1 fully saturated rings. The minimum Gasteiger partial charge on any atom is -0.394 e. The molecule has 0 aromatic rings. The Balaban J connectivity index is 2.54. The fraction of sp³-hybridized carbons (Fsp3) is 0.917. The summed E-state index contributed by atoms with van der Waals surface area (Å²) in [5, 5.41) is 9.27. The van der Waals surface area contributed by atoms with Crippen molar-refractivity contribution in [3.05, 3.63) is 0 Å². The van der Waals surface area contributed by atoms with Gasteiger partial charge < -0.3 is 15.7 Å². The molecule has 1 heterocycles. The summed E-state index contributed by atoms with van der Waals surface area (Å²) in [6.45, 7) is 6.94. The largest absolute Gasteiger partial charge is 0.394 e. The lowest BCUT2D eigenvalue weighted by molar-refractivity contribution is -0.133. The Morgan fingerprint density at radius 3 is 2.69 bits per heavy atom. The first kappa shape index (κ1) is 13.5.